The van der Waals surface area contributed by atoms with Gasteiger partial charge in [-0.3, -0.25) is 10.1 Å². The number of aromatic amines is 1. The Hall–Kier alpha value is -5.15. The number of hydrogen-bond acceptors (Lipinski definition) is 7. The van der Waals surface area contributed by atoms with Crippen LogP contribution in [0.2, 0.25) is 0 Å². The predicted octanol–water partition coefficient (Wildman–Crippen LogP) is 6.51. The van der Waals surface area contributed by atoms with Crippen LogP contribution in [0.3, 0.4) is 0 Å². The van der Waals surface area contributed by atoms with Crippen LogP contribution in [-0.2, 0) is 5.41 Å². The standard InChI is InChI=1S/C29H26N8O3S/c1-29(2,3)23-15-24(37(36-23)18-8-6-17(30-4)7-9-18)34-28(39)33-20-11-10-19(14-22(20)41-5)40-21-12-13-31-27-26(21)32-16-25(38)35-27/h6-16H,1-3,5H3,(H,31,35,38)(H2,33,34,39). The number of benzene rings is 2. The molecule has 5 rings (SSSR count). The molecule has 0 saturated heterocycles. The minimum atomic E-state index is -0.443. The van der Waals surface area contributed by atoms with Crippen molar-refractivity contribution in [1.29, 1.82) is 0 Å². The Morgan fingerprint density at radius 2 is 1.85 bits per heavy atom. The monoisotopic (exact) mass is 566 g/mol. The fraction of sp³-hybridized carbons (Fsp3) is 0.172. The molecule has 11 nitrogen and oxygen atoms in total. The summed E-state index contributed by atoms with van der Waals surface area (Å²) in [5.74, 6) is 1.45. The van der Waals surface area contributed by atoms with E-state index < -0.39 is 6.03 Å². The number of amides is 2. The molecule has 3 N–H and O–H groups in total. The minimum absolute atomic E-state index is 0.249. The third kappa shape index (κ3) is 6.05. The lowest BCUT2D eigenvalue weighted by Crippen LogP contribution is -2.21. The predicted molar refractivity (Wildman–Crippen MR) is 160 cm³/mol. The van der Waals surface area contributed by atoms with Gasteiger partial charge in [0, 0.05) is 28.6 Å². The van der Waals surface area contributed by atoms with E-state index in [2.05, 4.69) is 30.4 Å². The van der Waals surface area contributed by atoms with Crippen molar-refractivity contribution in [3.05, 3.63) is 94.5 Å². The number of H-pyrrole nitrogens is 1. The lowest BCUT2D eigenvalue weighted by molar-refractivity contribution is 0.262. The Labute approximate surface area is 239 Å². The number of urea groups is 1. The van der Waals surface area contributed by atoms with Crippen LogP contribution in [-0.4, -0.2) is 37.0 Å². The molecule has 0 aliphatic heterocycles. The van der Waals surface area contributed by atoms with E-state index in [1.807, 2.05) is 33.1 Å². The Morgan fingerprint density at radius 1 is 1.07 bits per heavy atom. The summed E-state index contributed by atoms with van der Waals surface area (Å²) in [6, 6.07) is 15.4. The van der Waals surface area contributed by atoms with E-state index in [9.17, 15) is 9.59 Å². The molecule has 0 radical (unpaired) electrons. The summed E-state index contributed by atoms with van der Waals surface area (Å²) >= 11 is 1.45. The van der Waals surface area contributed by atoms with E-state index in [4.69, 9.17) is 16.4 Å². The molecule has 3 heterocycles. The highest BCUT2D eigenvalue weighted by atomic mass is 32.2. The van der Waals surface area contributed by atoms with Crippen molar-refractivity contribution in [3.8, 4) is 17.2 Å². The molecule has 0 bridgehead atoms. The van der Waals surface area contributed by atoms with Gasteiger partial charge in [-0.1, -0.05) is 32.9 Å². The second kappa shape index (κ2) is 11.1. The number of carbonyl (C=O) groups excluding carboxylic acids is 1. The third-order valence-corrected chi connectivity index (χ3v) is 6.81. The van der Waals surface area contributed by atoms with Gasteiger partial charge >= 0.3 is 6.03 Å². The maximum atomic E-state index is 13.2. The average molecular weight is 567 g/mol. The first-order valence-electron chi connectivity index (χ1n) is 12.5. The maximum Gasteiger partial charge on any atom is 0.324 e. The van der Waals surface area contributed by atoms with Gasteiger partial charge in [0.1, 0.15) is 17.1 Å². The van der Waals surface area contributed by atoms with Crippen molar-refractivity contribution in [3.63, 3.8) is 0 Å². The van der Waals surface area contributed by atoms with E-state index in [1.165, 1.54) is 24.2 Å². The van der Waals surface area contributed by atoms with Gasteiger partial charge < -0.3 is 15.0 Å². The summed E-state index contributed by atoms with van der Waals surface area (Å²) < 4.78 is 7.70. The van der Waals surface area contributed by atoms with Crippen LogP contribution in [0.1, 0.15) is 26.5 Å². The molecule has 5 aromatic rings. The number of carbonyl (C=O) groups is 1. The van der Waals surface area contributed by atoms with Crippen molar-refractivity contribution in [2.75, 3.05) is 16.9 Å². The van der Waals surface area contributed by atoms with E-state index in [0.29, 0.717) is 39.9 Å². The number of aromatic nitrogens is 5. The van der Waals surface area contributed by atoms with E-state index >= 15 is 0 Å². The van der Waals surface area contributed by atoms with E-state index in [0.717, 1.165) is 16.3 Å². The Bertz CT molecular complexity index is 1850. The Balaban J connectivity index is 1.37. The van der Waals surface area contributed by atoms with E-state index in [-0.39, 0.29) is 11.0 Å². The number of thioether (sulfide) groups is 1. The average Bonchev–Trinajstić information content (AvgIpc) is 3.38. The number of pyridine rings is 1. The summed E-state index contributed by atoms with van der Waals surface area (Å²) in [5.41, 5.74) is 2.78. The zero-order chi connectivity index (χ0) is 29.1. The van der Waals surface area contributed by atoms with Gasteiger partial charge in [0.05, 0.1) is 29.8 Å². The normalized spacial score (nSPS) is 11.2. The summed E-state index contributed by atoms with van der Waals surface area (Å²) in [6.07, 6.45) is 4.60. The molecule has 0 unspecified atom stereocenters. The summed E-state index contributed by atoms with van der Waals surface area (Å²) in [5, 5.41) is 10.6. The lowest BCUT2D eigenvalue weighted by Gasteiger charge is -2.14. The van der Waals surface area contributed by atoms with Crippen molar-refractivity contribution in [2.45, 2.75) is 31.1 Å². The Morgan fingerprint density at radius 3 is 2.56 bits per heavy atom. The molecule has 0 atom stereocenters. The summed E-state index contributed by atoms with van der Waals surface area (Å²) in [4.78, 5) is 39.9. The number of hydrogen-bond donors (Lipinski definition) is 3. The van der Waals surface area contributed by atoms with Gasteiger partial charge in [0.15, 0.2) is 17.1 Å². The molecule has 2 amide bonds. The minimum Gasteiger partial charge on any atom is -0.455 e. The topological polar surface area (TPSA) is 131 Å². The van der Waals surface area contributed by atoms with Crippen molar-refractivity contribution >= 4 is 46.1 Å². The fourth-order valence-electron chi connectivity index (χ4n) is 3.94. The van der Waals surface area contributed by atoms with Crippen LogP contribution < -0.4 is 20.9 Å². The molecular formula is C29H26N8O3S. The van der Waals surface area contributed by atoms with Crippen molar-refractivity contribution in [2.24, 2.45) is 0 Å². The first kappa shape index (κ1) is 27.4. The van der Waals surface area contributed by atoms with Crippen LogP contribution in [0, 0.1) is 6.57 Å². The molecule has 0 saturated carbocycles. The number of fused-ring (bicyclic) bond motifs is 1. The highest BCUT2D eigenvalue weighted by molar-refractivity contribution is 7.98. The molecular weight excluding hydrogens is 540 g/mol. The summed E-state index contributed by atoms with van der Waals surface area (Å²) in [6.45, 7) is 13.3. The fourth-order valence-corrected chi connectivity index (χ4v) is 4.52. The van der Waals surface area contributed by atoms with Gasteiger partial charge in [-0.05, 0) is 36.6 Å². The molecule has 3 aromatic heterocycles. The van der Waals surface area contributed by atoms with Crippen molar-refractivity contribution < 1.29 is 9.53 Å². The van der Waals surface area contributed by atoms with Gasteiger partial charge in [-0.15, -0.1) is 11.8 Å². The first-order valence-corrected chi connectivity index (χ1v) is 13.7. The van der Waals surface area contributed by atoms with Crippen LogP contribution in [0.25, 0.3) is 21.7 Å². The second-order valence-electron chi connectivity index (χ2n) is 10.0. The van der Waals surface area contributed by atoms with Gasteiger partial charge in [-0.25, -0.2) is 24.3 Å². The maximum absolute atomic E-state index is 13.2. The number of anilines is 2. The number of nitrogens with one attached hydrogen (secondary N) is 3. The van der Waals surface area contributed by atoms with Crippen LogP contribution in [0.4, 0.5) is 22.0 Å². The lowest BCUT2D eigenvalue weighted by atomic mass is 9.92. The second-order valence-corrected chi connectivity index (χ2v) is 10.8. The zero-order valence-corrected chi connectivity index (χ0v) is 23.5. The molecule has 0 aliphatic rings. The molecule has 0 fully saturated rings. The number of nitrogens with zero attached hydrogens (tertiary/aromatic N) is 5. The quantitative estimate of drug-likeness (QED) is 0.158. The summed E-state index contributed by atoms with van der Waals surface area (Å²) in [7, 11) is 0. The molecule has 12 heteroatoms. The highest BCUT2D eigenvalue weighted by Gasteiger charge is 2.22. The smallest absolute Gasteiger partial charge is 0.324 e. The van der Waals surface area contributed by atoms with Crippen LogP contribution in [0.15, 0.2) is 76.7 Å². The molecule has 2 aromatic carbocycles. The molecule has 41 heavy (non-hydrogen) atoms. The third-order valence-electron chi connectivity index (χ3n) is 6.03. The SMILES string of the molecule is [C-]#[N+]c1ccc(-n2nc(C(C)(C)C)cc2NC(=O)Nc2ccc(Oc3ccnc4[nH]c(=O)cnc34)cc2SC)cc1. The van der Waals surface area contributed by atoms with Gasteiger partial charge in [0.25, 0.3) is 5.56 Å². The zero-order valence-electron chi connectivity index (χ0n) is 22.7. The largest absolute Gasteiger partial charge is 0.455 e. The molecule has 0 aliphatic carbocycles. The number of rotatable bonds is 6. The molecule has 206 valence electrons. The van der Waals surface area contributed by atoms with Crippen LogP contribution >= 0.6 is 11.8 Å². The van der Waals surface area contributed by atoms with Gasteiger partial charge in [0.2, 0.25) is 0 Å². The number of ether oxygens (including phenoxy) is 1. The Kier molecular flexibility index (Phi) is 7.45. The first-order chi connectivity index (χ1) is 19.6. The van der Waals surface area contributed by atoms with E-state index in [1.54, 1.807) is 53.2 Å². The molecule has 0 spiro atoms. The highest BCUT2D eigenvalue weighted by Crippen LogP contribution is 2.34. The van der Waals surface area contributed by atoms with Gasteiger partial charge in [-0.2, -0.15) is 5.10 Å². The van der Waals surface area contributed by atoms with Crippen LogP contribution in [0.5, 0.6) is 11.5 Å². The van der Waals surface area contributed by atoms with Crippen molar-refractivity contribution in [1.82, 2.24) is 24.7 Å².